The maximum Gasteiger partial charge on any atom is 0.254 e. The molecule has 0 aliphatic carbocycles. The van der Waals surface area contributed by atoms with Crippen LogP contribution in [0.4, 0.5) is 8.78 Å². The Bertz CT molecular complexity index is 444. The lowest BCUT2D eigenvalue weighted by Gasteiger charge is -2.21. The van der Waals surface area contributed by atoms with Crippen LogP contribution >= 0.6 is 0 Å². The second kappa shape index (κ2) is 5.02. The molecule has 0 bridgehead atoms. The van der Waals surface area contributed by atoms with E-state index in [2.05, 4.69) is 0 Å². The molecule has 0 radical (unpaired) electrons. The molecule has 1 aromatic carbocycles. The van der Waals surface area contributed by atoms with E-state index in [0.717, 1.165) is 24.6 Å². The minimum absolute atomic E-state index is 0.0528. The van der Waals surface area contributed by atoms with Crippen molar-refractivity contribution in [1.29, 1.82) is 0 Å². The standard InChI is InChI=1S/C13H16F2N2O/c1-8-2-9(6-16)7-17(8)13(18)10-3-11(14)5-12(15)4-10/h3-5,8-9H,2,6-7,16H2,1H3. The summed E-state index contributed by atoms with van der Waals surface area (Å²) >= 11 is 0. The first-order valence-corrected chi connectivity index (χ1v) is 5.98. The predicted octanol–water partition coefficient (Wildman–Crippen LogP) is 1.77. The number of likely N-dealkylation sites (tertiary alicyclic amines) is 1. The molecule has 1 aliphatic heterocycles. The average Bonchev–Trinajstić information content (AvgIpc) is 2.68. The maximum atomic E-state index is 13.1. The molecule has 2 atom stereocenters. The fourth-order valence-corrected chi connectivity index (χ4v) is 2.44. The van der Waals surface area contributed by atoms with Gasteiger partial charge in [0, 0.05) is 24.2 Å². The predicted molar refractivity (Wildman–Crippen MR) is 64.0 cm³/mol. The number of nitrogens with two attached hydrogens (primary N) is 1. The van der Waals surface area contributed by atoms with E-state index in [0.29, 0.717) is 13.1 Å². The van der Waals surface area contributed by atoms with Crippen LogP contribution in [0.15, 0.2) is 18.2 Å². The first kappa shape index (κ1) is 13.0. The molecule has 5 heteroatoms. The fraction of sp³-hybridized carbons (Fsp3) is 0.462. The van der Waals surface area contributed by atoms with E-state index in [4.69, 9.17) is 5.73 Å². The molecular weight excluding hydrogens is 238 g/mol. The Hall–Kier alpha value is -1.49. The van der Waals surface area contributed by atoms with Gasteiger partial charge in [-0.3, -0.25) is 4.79 Å². The number of hydrogen-bond donors (Lipinski definition) is 1. The number of amides is 1. The number of nitrogens with zero attached hydrogens (tertiary/aromatic N) is 1. The lowest BCUT2D eigenvalue weighted by Crippen LogP contribution is -2.34. The molecule has 3 nitrogen and oxygen atoms in total. The Labute approximate surface area is 105 Å². The maximum absolute atomic E-state index is 13.1. The van der Waals surface area contributed by atoms with E-state index < -0.39 is 11.6 Å². The Morgan fingerprint density at radius 2 is 2.00 bits per heavy atom. The first-order chi connectivity index (χ1) is 8.51. The van der Waals surface area contributed by atoms with Crippen molar-refractivity contribution >= 4 is 5.91 Å². The van der Waals surface area contributed by atoms with E-state index in [1.54, 1.807) is 4.90 Å². The van der Waals surface area contributed by atoms with Gasteiger partial charge in [0.25, 0.3) is 5.91 Å². The summed E-state index contributed by atoms with van der Waals surface area (Å²) in [6, 6.07) is 2.94. The van der Waals surface area contributed by atoms with E-state index in [9.17, 15) is 13.6 Å². The van der Waals surface area contributed by atoms with Gasteiger partial charge in [-0.15, -0.1) is 0 Å². The molecule has 1 aromatic rings. The molecule has 1 aliphatic rings. The van der Waals surface area contributed by atoms with Crippen LogP contribution in [0.25, 0.3) is 0 Å². The van der Waals surface area contributed by atoms with Crippen molar-refractivity contribution in [3.8, 4) is 0 Å². The Morgan fingerprint density at radius 1 is 1.39 bits per heavy atom. The number of carbonyl (C=O) groups excluding carboxylic acids is 1. The van der Waals surface area contributed by atoms with E-state index >= 15 is 0 Å². The first-order valence-electron chi connectivity index (χ1n) is 5.98. The van der Waals surface area contributed by atoms with Gasteiger partial charge in [-0.1, -0.05) is 0 Å². The van der Waals surface area contributed by atoms with Crippen LogP contribution in [-0.4, -0.2) is 29.9 Å². The summed E-state index contributed by atoms with van der Waals surface area (Å²) in [6.07, 6.45) is 0.833. The minimum Gasteiger partial charge on any atom is -0.336 e. The molecule has 1 fully saturated rings. The molecule has 18 heavy (non-hydrogen) atoms. The smallest absolute Gasteiger partial charge is 0.254 e. The summed E-state index contributed by atoms with van der Waals surface area (Å²) in [5, 5.41) is 0. The molecule has 0 saturated carbocycles. The van der Waals surface area contributed by atoms with Crippen LogP contribution in [0.3, 0.4) is 0 Å². The Kier molecular flexibility index (Phi) is 3.61. The molecule has 0 aromatic heterocycles. The van der Waals surface area contributed by atoms with Gasteiger partial charge >= 0.3 is 0 Å². The monoisotopic (exact) mass is 254 g/mol. The molecule has 1 saturated heterocycles. The second-order valence-corrected chi connectivity index (χ2v) is 4.80. The third kappa shape index (κ3) is 2.51. The Morgan fingerprint density at radius 3 is 2.50 bits per heavy atom. The lowest BCUT2D eigenvalue weighted by molar-refractivity contribution is 0.0742. The van der Waals surface area contributed by atoms with Crippen LogP contribution < -0.4 is 5.73 Å². The van der Waals surface area contributed by atoms with Gasteiger partial charge in [-0.25, -0.2) is 8.78 Å². The zero-order chi connectivity index (χ0) is 13.3. The van der Waals surface area contributed by atoms with Gasteiger partial charge in [-0.05, 0) is 37.9 Å². The summed E-state index contributed by atoms with van der Waals surface area (Å²) in [7, 11) is 0. The highest BCUT2D eigenvalue weighted by atomic mass is 19.1. The molecule has 2 rings (SSSR count). The van der Waals surface area contributed by atoms with Gasteiger partial charge in [0.15, 0.2) is 0 Å². The summed E-state index contributed by atoms with van der Waals surface area (Å²) in [5.74, 6) is -1.54. The van der Waals surface area contributed by atoms with Crippen molar-refractivity contribution in [3.05, 3.63) is 35.4 Å². The highest BCUT2D eigenvalue weighted by Crippen LogP contribution is 2.24. The second-order valence-electron chi connectivity index (χ2n) is 4.80. The molecule has 0 spiro atoms. The zero-order valence-corrected chi connectivity index (χ0v) is 10.2. The molecule has 1 heterocycles. The number of benzene rings is 1. The largest absolute Gasteiger partial charge is 0.336 e. The van der Waals surface area contributed by atoms with Crippen molar-refractivity contribution in [3.63, 3.8) is 0 Å². The average molecular weight is 254 g/mol. The third-order valence-corrected chi connectivity index (χ3v) is 3.37. The number of hydrogen-bond acceptors (Lipinski definition) is 2. The number of rotatable bonds is 2. The van der Waals surface area contributed by atoms with Crippen LogP contribution in [0.5, 0.6) is 0 Å². The normalized spacial score (nSPS) is 23.4. The highest BCUT2D eigenvalue weighted by Gasteiger charge is 2.32. The van der Waals surface area contributed by atoms with Gasteiger partial charge in [-0.2, -0.15) is 0 Å². The third-order valence-electron chi connectivity index (χ3n) is 3.37. The van der Waals surface area contributed by atoms with Gasteiger partial charge in [0.05, 0.1) is 0 Å². The molecular formula is C13H16F2N2O. The minimum atomic E-state index is -0.736. The zero-order valence-electron chi connectivity index (χ0n) is 10.2. The van der Waals surface area contributed by atoms with E-state index in [1.807, 2.05) is 6.92 Å². The van der Waals surface area contributed by atoms with E-state index in [1.165, 1.54) is 0 Å². The SMILES string of the molecule is CC1CC(CN)CN1C(=O)c1cc(F)cc(F)c1. The summed E-state index contributed by atoms with van der Waals surface area (Å²) in [6.45, 7) is 2.99. The fourth-order valence-electron chi connectivity index (χ4n) is 2.44. The topological polar surface area (TPSA) is 46.3 Å². The van der Waals surface area contributed by atoms with Crippen molar-refractivity contribution in [2.24, 2.45) is 11.7 Å². The molecule has 2 unspecified atom stereocenters. The van der Waals surface area contributed by atoms with Crippen molar-refractivity contribution < 1.29 is 13.6 Å². The van der Waals surface area contributed by atoms with Crippen molar-refractivity contribution in [2.45, 2.75) is 19.4 Å². The summed E-state index contributed by atoms with van der Waals surface area (Å²) < 4.78 is 26.2. The number of halogens is 2. The Balaban J connectivity index is 2.21. The van der Waals surface area contributed by atoms with Crippen LogP contribution in [-0.2, 0) is 0 Å². The van der Waals surface area contributed by atoms with Gasteiger partial charge in [0.1, 0.15) is 11.6 Å². The number of carbonyl (C=O) groups is 1. The highest BCUT2D eigenvalue weighted by molar-refractivity contribution is 5.94. The molecule has 2 N–H and O–H groups in total. The van der Waals surface area contributed by atoms with Crippen LogP contribution in [0, 0.1) is 17.6 Å². The van der Waals surface area contributed by atoms with Crippen molar-refractivity contribution in [1.82, 2.24) is 4.90 Å². The van der Waals surface area contributed by atoms with Gasteiger partial charge in [0.2, 0.25) is 0 Å². The lowest BCUT2D eigenvalue weighted by atomic mass is 10.1. The van der Waals surface area contributed by atoms with Crippen LogP contribution in [0.2, 0.25) is 0 Å². The molecule has 98 valence electrons. The van der Waals surface area contributed by atoms with E-state index in [-0.39, 0.29) is 23.4 Å². The summed E-state index contributed by atoms with van der Waals surface area (Å²) in [5.41, 5.74) is 5.64. The quantitative estimate of drug-likeness (QED) is 0.874. The van der Waals surface area contributed by atoms with Crippen LogP contribution in [0.1, 0.15) is 23.7 Å². The van der Waals surface area contributed by atoms with Crippen molar-refractivity contribution in [2.75, 3.05) is 13.1 Å². The summed E-state index contributed by atoms with van der Waals surface area (Å²) in [4.78, 5) is 13.8. The molecule has 1 amide bonds. The van der Waals surface area contributed by atoms with Gasteiger partial charge < -0.3 is 10.6 Å².